The monoisotopic (exact) mass is 326 g/mol. The molecule has 0 radical (unpaired) electrons. The fourth-order valence-electron chi connectivity index (χ4n) is 2.76. The zero-order valence-corrected chi connectivity index (χ0v) is 14.0. The van der Waals surface area contributed by atoms with Crippen molar-refractivity contribution in [3.63, 3.8) is 0 Å². The highest BCUT2D eigenvalue weighted by molar-refractivity contribution is 6.30. The molecule has 3 aromatic rings. The Kier molecular flexibility index (Phi) is 4.51. The van der Waals surface area contributed by atoms with E-state index in [1.54, 1.807) is 6.20 Å². The molecule has 3 nitrogen and oxygen atoms in total. The lowest BCUT2D eigenvalue weighted by Gasteiger charge is -2.23. The molecule has 0 aliphatic heterocycles. The second kappa shape index (κ2) is 6.57. The minimum Gasteiger partial charge on any atom is -0.360 e. The molecule has 0 aliphatic rings. The van der Waals surface area contributed by atoms with E-state index in [1.807, 2.05) is 67.4 Å². The van der Waals surface area contributed by atoms with E-state index in [-0.39, 0.29) is 11.8 Å². The summed E-state index contributed by atoms with van der Waals surface area (Å²) in [6, 6.07) is 15.4. The van der Waals surface area contributed by atoms with Gasteiger partial charge in [-0.15, -0.1) is 0 Å². The summed E-state index contributed by atoms with van der Waals surface area (Å²) in [6.45, 7) is 2.62. The third-order valence-electron chi connectivity index (χ3n) is 4.22. The quantitative estimate of drug-likeness (QED) is 0.699. The Morgan fingerprint density at radius 3 is 2.78 bits per heavy atom. The number of para-hydroxylation sites is 1. The fraction of sp³-hybridized carbons (Fsp3) is 0.211. The van der Waals surface area contributed by atoms with Gasteiger partial charge in [-0.05, 0) is 37.7 Å². The molecule has 0 bridgehead atoms. The van der Waals surface area contributed by atoms with Gasteiger partial charge in [-0.1, -0.05) is 41.9 Å². The van der Waals surface area contributed by atoms with Crippen LogP contribution in [0.1, 0.15) is 22.8 Å². The SMILES string of the molecule is C[C@H](C(=O)c1c[nH]c2ccccc12)N(C)Cc1cccc(Cl)c1. The van der Waals surface area contributed by atoms with Crippen LogP contribution in [0.4, 0.5) is 0 Å². The summed E-state index contributed by atoms with van der Waals surface area (Å²) in [6.07, 6.45) is 1.80. The molecule has 0 fully saturated rings. The number of carbonyl (C=O) groups excluding carboxylic acids is 1. The van der Waals surface area contributed by atoms with Crippen LogP contribution >= 0.6 is 11.6 Å². The summed E-state index contributed by atoms with van der Waals surface area (Å²) in [7, 11) is 1.96. The number of fused-ring (bicyclic) bond motifs is 1. The summed E-state index contributed by atoms with van der Waals surface area (Å²) < 4.78 is 0. The van der Waals surface area contributed by atoms with Crippen molar-refractivity contribution in [1.29, 1.82) is 0 Å². The predicted molar refractivity (Wildman–Crippen MR) is 95.0 cm³/mol. The van der Waals surface area contributed by atoms with Crippen molar-refractivity contribution in [3.05, 3.63) is 70.9 Å². The zero-order chi connectivity index (χ0) is 16.4. The normalized spacial score (nSPS) is 12.7. The van der Waals surface area contributed by atoms with Crippen LogP contribution in [0.3, 0.4) is 0 Å². The van der Waals surface area contributed by atoms with Crippen molar-refractivity contribution in [1.82, 2.24) is 9.88 Å². The Morgan fingerprint density at radius 1 is 1.22 bits per heavy atom. The van der Waals surface area contributed by atoms with Gasteiger partial charge in [-0.3, -0.25) is 9.69 Å². The van der Waals surface area contributed by atoms with Crippen LogP contribution in [0, 0.1) is 0 Å². The molecule has 0 amide bonds. The smallest absolute Gasteiger partial charge is 0.181 e. The van der Waals surface area contributed by atoms with Crippen LogP contribution in [0.5, 0.6) is 0 Å². The summed E-state index contributed by atoms with van der Waals surface area (Å²) in [5.74, 6) is 0.118. The zero-order valence-electron chi connectivity index (χ0n) is 13.2. The van der Waals surface area contributed by atoms with Gasteiger partial charge in [-0.25, -0.2) is 0 Å². The Labute approximate surface area is 140 Å². The lowest BCUT2D eigenvalue weighted by Crippen LogP contribution is -2.35. The summed E-state index contributed by atoms with van der Waals surface area (Å²) in [5, 5.41) is 1.69. The predicted octanol–water partition coefficient (Wildman–Crippen LogP) is 4.52. The Bertz CT molecular complexity index is 840. The molecule has 0 saturated heterocycles. The molecule has 0 unspecified atom stereocenters. The van der Waals surface area contributed by atoms with Crippen molar-refractivity contribution in [2.75, 3.05) is 7.05 Å². The average Bonchev–Trinajstić information content (AvgIpc) is 2.97. The van der Waals surface area contributed by atoms with Crippen molar-refractivity contribution in [3.8, 4) is 0 Å². The summed E-state index contributed by atoms with van der Waals surface area (Å²) in [4.78, 5) is 18.0. The average molecular weight is 327 g/mol. The number of hydrogen-bond donors (Lipinski definition) is 1. The number of aromatic nitrogens is 1. The van der Waals surface area contributed by atoms with Gasteiger partial charge in [0.05, 0.1) is 6.04 Å². The first-order chi connectivity index (χ1) is 11.1. The maximum Gasteiger partial charge on any atom is 0.181 e. The molecule has 4 heteroatoms. The van der Waals surface area contributed by atoms with E-state index in [2.05, 4.69) is 4.98 Å². The number of benzene rings is 2. The lowest BCUT2D eigenvalue weighted by atomic mass is 10.0. The number of Topliss-reactive ketones (excluding diaryl/α,β-unsaturated/α-hetero) is 1. The molecule has 3 rings (SSSR count). The van der Waals surface area contributed by atoms with Gasteiger partial charge in [0.2, 0.25) is 0 Å². The standard InChI is InChI=1S/C19H19ClN2O/c1-13(22(2)12-14-6-5-7-15(20)10-14)19(23)17-11-21-18-9-4-3-8-16(17)18/h3-11,13,21H,12H2,1-2H3/t13-/m1/s1. The molecular weight excluding hydrogens is 308 g/mol. The van der Waals surface area contributed by atoms with Gasteiger partial charge in [0, 0.05) is 34.2 Å². The number of ketones is 1. The van der Waals surface area contributed by atoms with Gasteiger partial charge in [0.25, 0.3) is 0 Å². The largest absolute Gasteiger partial charge is 0.360 e. The molecule has 1 aromatic heterocycles. The molecule has 23 heavy (non-hydrogen) atoms. The van der Waals surface area contributed by atoms with Crippen LogP contribution in [0.15, 0.2) is 54.7 Å². The molecule has 118 valence electrons. The maximum absolute atomic E-state index is 12.8. The topological polar surface area (TPSA) is 36.1 Å². The van der Waals surface area contributed by atoms with Crippen molar-refractivity contribution in [2.45, 2.75) is 19.5 Å². The highest BCUT2D eigenvalue weighted by Gasteiger charge is 2.22. The molecular formula is C19H19ClN2O. The minimum absolute atomic E-state index is 0.118. The van der Waals surface area contributed by atoms with Gasteiger partial charge in [0.15, 0.2) is 5.78 Å². The van der Waals surface area contributed by atoms with Crippen molar-refractivity contribution >= 4 is 28.3 Å². The number of carbonyl (C=O) groups is 1. The van der Waals surface area contributed by atoms with Gasteiger partial charge in [-0.2, -0.15) is 0 Å². The lowest BCUT2D eigenvalue weighted by molar-refractivity contribution is 0.0864. The third-order valence-corrected chi connectivity index (χ3v) is 4.45. The molecule has 1 atom stereocenters. The Balaban J connectivity index is 1.79. The third kappa shape index (κ3) is 3.31. The molecule has 0 spiro atoms. The van der Waals surface area contributed by atoms with Crippen LogP contribution < -0.4 is 0 Å². The number of likely N-dealkylation sites (N-methyl/N-ethyl adjacent to an activating group) is 1. The van der Waals surface area contributed by atoms with Gasteiger partial charge < -0.3 is 4.98 Å². The first-order valence-electron chi connectivity index (χ1n) is 7.61. The second-order valence-corrected chi connectivity index (χ2v) is 6.27. The van der Waals surface area contributed by atoms with Gasteiger partial charge in [0.1, 0.15) is 0 Å². The first-order valence-corrected chi connectivity index (χ1v) is 7.99. The molecule has 2 aromatic carbocycles. The molecule has 0 aliphatic carbocycles. The molecule has 1 heterocycles. The Hall–Kier alpha value is -2.10. The van der Waals surface area contributed by atoms with E-state index in [0.717, 1.165) is 22.0 Å². The highest BCUT2D eigenvalue weighted by Crippen LogP contribution is 2.21. The van der Waals surface area contributed by atoms with E-state index in [1.165, 1.54) is 0 Å². The second-order valence-electron chi connectivity index (χ2n) is 5.83. The van der Waals surface area contributed by atoms with E-state index in [9.17, 15) is 4.79 Å². The molecule has 0 saturated carbocycles. The van der Waals surface area contributed by atoms with E-state index < -0.39 is 0 Å². The van der Waals surface area contributed by atoms with Crippen molar-refractivity contribution in [2.24, 2.45) is 0 Å². The van der Waals surface area contributed by atoms with Crippen LogP contribution in [-0.2, 0) is 6.54 Å². The van der Waals surface area contributed by atoms with Crippen LogP contribution in [0.2, 0.25) is 5.02 Å². The number of hydrogen-bond acceptors (Lipinski definition) is 2. The number of nitrogens with one attached hydrogen (secondary N) is 1. The van der Waals surface area contributed by atoms with E-state index in [4.69, 9.17) is 11.6 Å². The number of rotatable bonds is 5. The molecule has 1 N–H and O–H groups in total. The number of nitrogens with zero attached hydrogens (tertiary/aromatic N) is 1. The van der Waals surface area contributed by atoms with Crippen molar-refractivity contribution < 1.29 is 4.79 Å². The highest BCUT2D eigenvalue weighted by atomic mass is 35.5. The van der Waals surface area contributed by atoms with E-state index >= 15 is 0 Å². The fourth-order valence-corrected chi connectivity index (χ4v) is 2.97. The Morgan fingerprint density at radius 2 is 2.00 bits per heavy atom. The van der Waals surface area contributed by atoms with Crippen LogP contribution in [-0.4, -0.2) is 28.8 Å². The first kappa shape index (κ1) is 15.8. The number of H-pyrrole nitrogens is 1. The van der Waals surface area contributed by atoms with Crippen LogP contribution in [0.25, 0.3) is 10.9 Å². The minimum atomic E-state index is -0.215. The number of halogens is 1. The summed E-state index contributed by atoms with van der Waals surface area (Å²) >= 11 is 6.03. The summed E-state index contributed by atoms with van der Waals surface area (Å²) in [5.41, 5.74) is 2.82. The van der Waals surface area contributed by atoms with E-state index in [0.29, 0.717) is 11.6 Å². The number of aromatic amines is 1. The maximum atomic E-state index is 12.8. The van der Waals surface area contributed by atoms with Gasteiger partial charge >= 0.3 is 0 Å².